The van der Waals surface area contributed by atoms with Gasteiger partial charge < -0.3 is 0 Å². The molecule has 2 rings (SSSR count). The third-order valence-electron chi connectivity index (χ3n) is 2.93. The Labute approximate surface area is 103 Å². The van der Waals surface area contributed by atoms with Gasteiger partial charge in [-0.05, 0) is 29.2 Å². The highest BCUT2D eigenvalue weighted by Gasteiger charge is 2.04. The molecule has 0 aliphatic heterocycles. The van der Waals surface area contributed by atoms with Crippen molar-refractivity contribution < 1.29 is 0 Å². The zero-order valence-electron chi connectivity index (χ0n) is 10.1. The summed E-state index contributed by atoms with van der Waals surface area (Å²) in [4.78, 5) is 0. The molecule has 0 saturated carbocycles. The summed E-state index contributed by atoms with van der Waals surface area (Å²) in [7, 11) is 0. The third kappa shape index (κ3) is 2.21. The van der Waals surface area contributed by atoms with Crippen LogP contribution in [0.25, 0.3) is 23.3 Å². The fourth-order valence-corrected chi connectivity index (χ4v) is 1.97. The Balaban J connectivity index is 2.62. The molecule has 0 bridgehead atoms. The van der Waals surface area contributed by atoms with Crippen molar-refractivity contribution in [3.63, 3.8) is 0 Å². The molecule has 0 N–H and O–H groups in total. The van der Waals surface area contributed by atoms with Crippen molar-refractivity contribution >= 4 is 12.2 Å². The number of rotatable bonds is 3. The normalized spacial score (nSPS) is 9.94. The van der Waals surface area contributed by atoms with Crippen LogP contribution in [-0.2, 0) is 0 Å². The minimum Gasteiger partial charge on any atom is -0.0984 e. The Morgan fingerprint density at radius 1 is 0.882 bits per heavy atom. The molecule has 0 spiro atoms. The van der Waals surface area contributed by atoms with E-state index in [0.29, 0.717) is 0 Å². The molecule has 0 aromatic heterocycles. The monoisotopic (exact) mass is 220 g/mol. The Morgan fingerprint density at radius 2 is 1.59 bits per heavy atom. The van der Waals surface area contributed by atoms with E-state index in [-0.39, 0.29) is 0 Å². The lowest BCUT2D eigenvalue weighted by Gasteiger charge is -2.09. The van der Waals surface area contributed by atoms with E-state index in [4.69, 9.17) is 0 Å². The van der Waals surface area contributed by atoms with Gasteiger partial charge in [0.1, 0.15) is 0 Å². The molecule has 2 aromatic rings. The third-order valence-corrected chi connectivity index (χ3v) is 2.93. The number of aryl methyl sites for hydroxylation is 1. The molecule has 0 nitrogen and oxygen atoms in total. The van der Waals surface area contributed by atoms with E-state index in [1.54, 1.807) is 0 Å². The van der Waals surface area contributed by atoms with Gasteiger partial charge in [0.15, 0.2) is 0 Å². The largest absolute Gasteiger partial charge is 0.0984 e. The summed E-state index contributed by atoms with van der Waals surface area (Å²) in [5.41, 5.74) is 5.96. The van der Waals surface area contributed by atoms with Gasteiger partial charge in [0.25, 0.3) is 0 Å². The zero-order valence-corrected chi connectivity index (χ0v) is 10.1. The van der Waals surface area contributed by atoms with Crippen LogP contribution in [0, 0.1) is 6.92 Å². The van der Waals surface area contributed by atoms with Gasteiger partial charge in [0.2, 0.25) is 0 Å². The van der Waals surface area contributed by atoms with Crippen molar-refractivity contribution in [1.29, 1.82) is 0 Å². The standard InChI is InChI=1S/C17H16/c1-4-14-7-6-8-17(16(14)5-2)15-11-9-13(3)10-12-15/h4-12H,1-2H2,3H3. The highest BCUT2D eigenvalue weighted by molar-refractivity contribution is 5.80. The molecule has 0 heterocycles. The van der Waals surface area contributed by atoms with Crippen LogP contribution >= 0.6 is 0 Å². The van der Waals surface area contributed by atoms with Gasteiger partial charge in [-0.1, -0.05) is 73.3 Å². The topological polar surface area (TPSA) is 0 Å². The van der Waals surface area contributed by atoms with Crippen LogP contribution in [0.4, 0.5) is 0 Å². The molecule has 0 unspecified atom stereocenters. The van der Waals surface area contributed by atoms with Crippen LogP contribution in [0.3, 0.4) is 0 Å². The first-order chi connectivity index (χ1) is 8.26. The number of hydrogen-bond donors (Lipinski definition) is 0. The summed E-state index contributed by atoms with van der Waals surface area (Å²) in [6.45, 7) is 9.83. The Kier molecular flexibility index (Phi) is 3.24. The molecule has 0 amide bonds. The second-order valence-electron chi connectivity index (χ2n) is 4.08. The van der Waals surface area contributed by atoms with Crippen LogP contribution < -0.4 is 0 Å². The molecule has 0 saturated heterocycles. The molecule has 0 atom stereocenters. The first kappa shape index (κ1) is 11.4. The van der Waals surface area contributed by atoms with Crippen LogP contribution in [-0.4, -0.2) is 0 Å². The van der Waals surface area contributed by atoms with Gasteiger partial charge in [0, 0.05) is 0 Å². The fraction of sp³-hybridized carbons (Fsp3) is 0.0588. The number of hydrogen-bond acceptors (Lipinski definition) is 0. The predicted molar refractivity (Wildman–Crippen MR) is 76.8 cm³/mol. The molecule has 0 heteroatoms. The maximum absolute atomic E-state index is 3.90. The number of benzene rings is 2. The Bertz CT molecular complexity index is 545. The quantitative estimate of drug-likeness (QED) is 0.686. The molecule has 2 aromatic carbocycles. The first-order valence-corrected chi connectivity index (χ1v) is 5.71. The minimum absolute atomic E-state index is 1.12. The Morgan fingerprint density at radius 3 is 2.18 bits per heavy atom. The molecule has 0 radical (unpaired) electrons. The van der Waals surface area contributed by atoms with Crippen LogP contribution in [0.15, 0.2) is 55.6 Å². The van der Waals surface area contributed by atoms with Crippen molar-refractivity contribution in [3.05, 3.63) is 72.3 Å². The van der Waals surface area contributed by atoms with E-state index in [1.165, 1.54) is 16.7 Å². The van der Waals surface area contributed by atoms with E-state index < -0.39 is 0 Å². The fourth-order valence-electron chi connectivity index (χ4n) is 1.97. The second-order valence-corrected chi connectivity index (χ2v) is 4.08. The highest BCUT2D eigenvalue weighted by Crippen LogP contribution is 2.28. The summed E-state index contributed by atoms with van der Waals surface area (Å²) in [6.07, 6.45) is 3.76. The van der Waals surface area contributed by atoms with Gasteiger partial charge in [-0.2, -0.15) is 0 Å². The summed E-state index contributed by atoms with van der Waals surface area (Å²) in [6, 6.07) is 14.8. The summed E-state index contributed by atoms with van der Waals surface area (Å²) < 4.78 is 0. The maximum atomic E-state index is 3.90. The smallest absolute Gasteiger partial charge is 0.0106 e. The lowest BCUT2D eigenvalue weighted by molar-refractivity contribution is 1.46. The molecule has 0 fully saturated rings. The van der Waals surface area contributed by atoms with Crippen molar-refractivity contribution in [2.45, 2.75) is 6.92 Å². The van der Waals surface area contributed by atoms with E-state index >= 15 is 0 Å². The van der Waals surface area contributed by atoms with E-state index in [1.807, 2.05) is 12.2 Å². The highest BCUT2D eigenvalue weighted by atomic mass is 14.1. The average molecular weight is 220 g/mol. The maximum Gasteiger partial charge on any atom is -0.0106 e. The van der Waals surface area contributed by atoms with Gasteiger partial charge in [-0.15, -0.1) is 0 Å². The van der Waals surface area contributed by atoms with Crippen LogP contribution in [0.1, 0.15) is 16.7 Å². The molecule has 0 aliphatic rings. The van der Waals surface area contributed by atoms with Crippen LogP contribution in [0.5, 0.6) is 0 Å². The van der Waals surface area contributed by atoms with Crippen molar-refractivity contribution in [2.24, 2.45) is 0 Å². The lowest BCUT2D eigenvalue weighted by Crippen LogP contribution is -1.87. The van der Waals surface area contributed by atoms with Crippen molar-refractivity contribution in [1.82, 2.24) is 0 Å². The summed E-state index contributed by atoms with van der Waals surface area (Å²) in [5, 5.41) is 0. The minimum atomic E-state index is 1.12. The van der Waals surface area contributed by atoms with Crippen molar-refractivity contribution in [3.8, 4) is 11.1 Å². The average Bonchev–Trinajstić information content (AvgIpc) is 2.38. The van der Waals surface area contributed by atoms with Gasteiger partial charge in [0.05, 0.1) is 0 Å². The van der Waals surface area contributed by atoms with E-state index in [2.05, 4.69) is 62.5 Å². The van der Waals surface area contributed by atoms with Gasteiger partial charge in [-0.25, -0.2) is 0 Å². The molecule has 0 aliphatic carbocycles. The molecule has 17 heavy (non-hydrogen) atoms. The van der Waals surface area contributed by atoms with Gasteiger partial charge >= 0.3 is 0 Å². The Hall–Kier alpha value is -2.08. The molecular weight excluding hydrogens is 204 g/mol. The van der Waals surface area contributed by atoms with Gasteiger partial charge in [-0.3, -0.25) is 0 Å². The van der Waals surface area contributed by atoms with E-state index in [0.717, 1.165) is 11.1 Å². The molecule has 84 valence electrons. The van der Waals surface area contributed by atoms with E-state index in [9.17, 15) is 0 Å². The van der Waals surface area contributed by atoms with Crippen molar-refractivity contribution in [2.75, 3.05) is 0 Å². The SMILES string of the molecule is C=Cc1cccc(-c2ccc(C)cc2)c1C=C. The molecular formula is C17H16. The van der Waals surface area contributed by atoms with Crippen LogP contribution in [0.2, 0.25) is 0 Å². The summed E-state index contributed by atoms with van der Waals surface area (Å²) >= 11 is 0. The predicted octanol–water partition coefficient (Wildman–Crippen LogP) is 4.95. The lowest BCUT2D eigenvalue weighted by atomic mass is 9.95. The summed E-state index contributed by atoms with van der Waals surface area (Å²) in [5.74, 6) is 0. The zero-order chi connectivity index (χ0) is 12.3. The first-order valence-electron chi connectivity index (χ1n) is 5.71. The second kappa shape index (κ2) is 4.84.